The average molecular weight is 366 g/mol. The number of benzene rings is 1. The molecule has 7 heteroatoms. The first-order valence-electron chi connectivity index (χ1n) is 8.16. The molecular weight excluding hydrogens is 345 g/mol. The molecule has 0 saturated heterocycles. The fourth-order valence-electron chi connectivity index (χ4n) is 2.84. The molecule has 0 bridgehead atoms. The number of aromatic nitrogens is 2. The number of ketones is 1. The highest BCUT2D eigenvalue weighted by Gasteiger charge is 2.32. The Hall–Kier alpha value is -2.44. The van der Waals surface area contributed by atoms with Crippen molar-refractivity contribution in [2.75, 3.05) is 0 Å². The third kappa shape index (κ3) is 4.80. The number of aromatic amines is 1. The maximum atomic E-state index is 12.8. The van der Waals surface area contributed by atoms with Crippen molar-refractivity contribution in [3.05, 3.63) is 63.3 Å². The Morgan fingerprint density at radius 3 is 2.19 bits per heavy atom. The number of aryl methyl sites for hydroxylation is 1. The van der Waals surface area contributed by atoms with Gasteiger partial charge in [0.1, 0.15) is 11.5 Å². The van der Waals surface area contributed by atoms with E-state index >= 15 is 0 Å². The molecule has 4 nitrogen and oxygen atoms in total. The highest BCUT2D eigenvalue weighted by atomic mass is 19.4. The van der Waals surface area contributed by atoms with Crippen LogP contribution in [0.5, 0.6) is 0 Å². The Labute approximate surface area is 149 Å². The normalized spacial score (nSPS) is 13.5. The molecule has 0 amide bonds. The van der Waals surface area contributed by atoms with Crippen LogP contribution in [0.25, 0.3) is 0 Å². The zero-order valence-electron chi connectivity index (χ0n) is 15.1. The number of hydrogen-bond acceptors (Lipinski definition) is 3. The minimum atomic E-state index is -4.40. The molecule has 2 rings (SSSR count). The van der Waals surface area contributed by atoms with E-state index in [4.69, 9.17) is 0 Å². The number of nitrogens with one attached hydrogen (secondary N) is 1. The first-order chi connectivity index (χ1) is 11.9. The first kappa shape index (κ1) is 19.9. The predicted molar refractivity (Wildman–Crippen MR) is 92.2 cm³/mol. The Kier molecular flexibility index (Phi) is 5.39. The molecule has 0 radical (unpaired) electrons. The predicted octanol–water partition coefficient (Wildman–Crippen LogP) is 4.50. The molecule has 26 heavy (non-hydrogen) atoms. The van der Waals surface area contributed by atoms with E-state index in [1.807, 2.05) is 20.8 Å². The van der Waals surface area contributed by atoms with E-state index in [2.05, 4.69) is 9.97 Å². The van der Waals surface area contributed by atoms with Crippen molar-refractivity contribution in [3.63, 3.8) is 0 Å². The van der Waals surface area contributed by atoms with Crippen molar-refractivity contribution in [3.8, 4) is 0 Å². The van der Waals surface area contributed by atoms with Crippen LogP contribution < -0.4 is 5.56 Å². The Balaban J connectivity index is 2.34. The average Bonchev–Trinajstić information content (AvgIpc) is 2.49. The van der Waals surface area contributed by atoms with E-state index in [1.165, 1.54) is 12.1 Å². The molecule has 0 fully saturated rings. The van der Waals surface area contributed by atoms with Gasteiger partial charge in [0.05, 0.1) is 5.56 Å². The van der Waals surface area contributed by atoms with E-state index in [9.17, 15) is 22.8 Å². The van der Waals surface area contributed by atoms with Gasteiger partial charge < -0.3 is 4.98 Å². The number of alkyl halides is 3. The number of nitrogens with zero attached hydrogens (tertiary/aromatic N) is 1. The summed E-state index contributed by atoms with van der Waals surface area (Å²) in [5.41, 5.74) is -0.811. The van der Waals surface area contributed by atoms with Crippen molar-refractivity contribution in [1.82, 2.24) is 9.97 Å². The summed E-state index contributed by atoms with van der Waals surface area (Å²) >= 11 is 0. The zero-order chi connectivity index (χ0) is 19.7. The molecule has 140 valence electrons. The molecule has 0 aliphatic rings. The summed E-state index contributed by atoms with van der Waals surface area (Å²) in [6.45, 7) is 7.33. The number of H-pyrrole nitrogens is 1. The van der Waals surface area contributed by atoms with Gasteiger partial charge in [-0.05, 0) is 36.0 Å². The Morgan fingerprint density at radius 2 is 1.73 bits per heavy atom. The smallest absolute Gasteiger partial charge is 0.311 e. The van der Waals surface area contributed by atoms with Gasteiger partial charge in [-0.3, -0.25) is 9.59 Å². The van der Waals surface area contributed by atoms with Gasteiger partial charge in [0.2, 0.25) is 0 Å². The van der Waals surface area contributed by atoms with Crippen LogP contribution in [-0.4, -0.2) is 15.8 Å². The van der Waals surface area contributed by atoms with E-state index < -0.39 is 17.3 Å². The highest BCUT2D eigenvalue weighted by Crippen LogP contribution is 2.39. The molecule has 1 aromatic carbocycles. The van der Waals surface area contributed by atoms with Crippen LogP contribution in [0.2, 0.25) is 0 Å². The Morgan fingerprint density at radius 1 is 1.15 bits per heavy atom. The van der Waals surface area contributed by atoms with Crippen molar-refractivity contribution in [1.29, 1.82) is 0 Å². The monoisotopic (exact) mass is 366 g/mol. The number of Topliss-reactive ketones (excluding diaryl/α,β-unsaturated/α-hetero) is 1. The molecule has 2 aromatic rings. The minimum Gasteiger partial charge on any atom is -0.311 e. The summed E-state index contributed by atoms with van der Waals surface area (Å²) in [6, 6.07) is 6.00. The number of halogens is 3. The quantitative estimate of drug-likeness (QED) is 0.811. The lowest BCUT2D eigenvalue weighted by Crippen LogP contribution is -2.23. The standard InChI is InChI=1S/C19H21F3N2O2/c1-11-23-15(10-17(26)24-11)16(25)9-14(18(2,3)4)12-5-7-13(8-6-12)19(20,21)22/h5-8,10,14H,9H2,1-4H3,(H,23,24,26)/t14-/m0/s1. The summed E-state index contributed by atoms with van der Waals surface area (Å²) in [6.07, 6.45) is -4.36. The molecular formula is C19H21F3N2O2. The van der Waals surface area contributed by atoms with Gasteiger partial charge in [0, 0.05) is 12.5 Å². The van der Waals surface area contributed by atoms with Crippen molar-refractivity contribution in [2.45, 2.75) is 46.2 Å². The molecule has 0 spiro atoms. The van der Waals surface area contributed by atoms with Crippen molar-refractivity contribution >= 4 is 5.78 Å². The van der Waals surface area contributed by atoms with Gasteiger partial charge in [-0.1, -0.05) is 32.9 Å². The largest absolute Gasteiger partial charge is 0.416 e. The van der Waals surface area contributed by atoms with Gasteiger partial charge in [0.15, 0.2) is 5.78 Å². The number of carbonyl (C=O) groups is 1. The topological polar surface area (TPSA) is 62.8 Å². The molecule has 0 unspecified atom stereocenters. The van der Waals surface area contributed by atoms with E-state index in [0.29, 0.717) is 11.4 Å². The Bertz CT molecular complexity index is 847. The van der Waals surface area contributed by atoms with Crippen molar-refractivity contribution < 1.29 is 18.0 Å². The van der Waals surface area contributed by atoms with Gasteiger partial charge in [-0.2, -0.15) is 13.2 Å². The highest BCUT2D eigenvalue weighted by molar-refractivity contribution is 5.94. The zero-order valence-corrected chi connectivity index (χ0v) is 15.1. The number of rotatable bonds is 4. The summed E-state index contributed by atoms with van der Waals surface area (Å²) < 4.78 is 38.3. The maximum Gasteiger partial charge on any atom is 0.416 e. The van der Waals surface area contributed by atoms with Crippen LogP contribution in [0.3, 0.4) is 0 Å². The molecule has 1 heterocycles. The molecule has 0 aliphatic heterocycles. The van der Waals surface area contributed by atoms with Crippen LogP contribution in [0.1, 0.15) is 60.5 Å². The van der Waals surface area contributed by atoms with Gasteiger partial charge >= 0.3 is 6.18 Å². The van der Waals surface area contributed by atoms with Crippen LogP contribution in [0.4, 0.5) is 13.2 Å². The first-order valence-corrected chi connectivity index (χ1v) is 8.16. The third-order valence-electron chi connectivity index (χ3n) is 4.22. The van der Waals surface area contributed by atoms with E-state index in [0.717, 1.165) is 18.2 Å². The molecule has 0 aliphatic carbocycles. The summed E-state index contributed by atoms with van der Waals surface area (Å²) in [5.74, 6) is -0.305. The van der Waals surface area contributed by atoms with E-state index in [-0.39, 0.29) is 29.2 Å². The number of carbonyl (C=O) groups excluding carboxylic acids is 1. The van der Waals surface area contributed by atoms with Gasteiger partial charge in [-0.25, -0.2) is 4.98 Å². The second-order valence-electron chi connectivity index (χ2n) is 7.38. The van der Waals surface area contributed by atoms with Crippen molar-refractivity contribution in [2.24, 2.45) is 5.41 Å². The number of hydrogen-bond donors (Lipinski definition) is 1. The maximum absolute atomic E-state index is 12.8. The summed E-state index contributed by atoms with van der Waals surface area (Å²) in [7, 11) is 0. The van der Waals surface area contributed by atoms with Gasteiger partial charge in [-0.15, -0.1) is 0 Å². The lowest BCUT2D eigenvalue weighted by molar-refractivity contribution is -0.137. The lowest BCUT2D eigenvalue weighted by Gasteiger charge is -2.31. The minimum absolute atomic E-state index is 0.0464. The van der Waals surface area contributed by atoms with Crippen LogP contribution in [0, 0.1) is 12.3 Å². The summed E-state index contributed by atoms with van der Waals surface area (Å²) in [4.78, 5) is 30.7. The molecule has 0 saturated carbocycles. The van der Waals surface area contributed by atoms with Crippen LogP contribution >= 0.6 is 0 Å². The van der Waals surface area contributed by atoms with Crippen LogP contribution in [-0.2, 0) is 6.18 Å². The third-order valence-corrected chi connectivity index (χ3v) is 4.22. The fraction of sp³-hybridized carbons (Fsp3) is 0.421. The second-order valence-corrected chi connectivity index (χ2v) is 7.38. The second kappa shape index (κ2) is 7.05. The molecule has 1 N–H and O–H groups in total. The SMILES string of the molecule is Cc1nc(C(=O)C[C@@H](c2ccc(C(F)(F)F)cc2)C(C)(C)C)cc(=O)[nH]1. The summed E-state index contributed by atoms with van der Waals surface area (Å²) in [5, 5.41) is 0. The van der Waals surface area contributed by atoms with Crippen LogP contribution in [0.15, 0.2) is 35.1 Å². The molecule has 1 aromatic heterocycles. The van der Waals surface area contributed by atoms with Gasteiger partial charge in [0.25, 0.3) is 5.56 Å². The lowest BCUT2D eigenvalue weighted by atomic mass is 9.73. The fourth-order valence-corrected chi connectivity index (χ4v) is 2.84. The molecule has 1 atom stereocenters. The van der Waals surface area contributed by atoms with E-state index in [1.54, 1.807) is 6.92 Å².